The Morgan fingerprint density at radius 2 is 2.20 bits per heavy atom. The zero-order valence-electron chi connectivity index (χ0n) is 9.02. The van der Waals surface area contributed by atoms with E-state index < -0.39 is 6.10 Å². The molecular formula is C11H18N2O2. The summed E-state index contributed by atoms with van der Waals surface area (Å²) in [5.41, 5.74) is 1.16. The van der Waals surface area contributed by atoms with Crippen LogP contribution in [0.4, 0.5) is 0 Å². The first-order chi connectivity index (χ1) is 7.33. The van der Waals surface area contributed by atoms with Crippen molar-refractivity contribution in [3.8, 4) is 0 Å². The van der Waals surface area contributed by atoms with Crippen molar-refractivity contribution in [1.29, 1.82) is 0 Å². The minimum Gasteiger partial charge on any atom is -0.389 e. The van der Waals surface area contributed by atoms with Crippen LogP contribution in [0, 0.1) is 0 Å². The summed E-state index contributed by atoms with van der Waals surface area (Å²) in [6.07, 6.45) is 3.08. The van der Waals surface area contributed by atoms with Crippen LogP contribution >= 0.6 is 0 Å². The minimum absolute atomic E-state index is 0.389. The molecule has 2 N–H and O–H groups in total. The van der Waals surface area contributed by atoms with E-state index in [0.717, 1.165) is 12.1 Å². The lowest BCUT2D eigenvalue weighted by atomic mass is 10.2. The second kappa shape index (κ2) is 7.34. The van der Waals surface area contributed by atoms with Crippen molar-refractivity contribution in [2.45, 2.75) is 19.6 Å². The fourth-order valence-corrected chi connectivity index (χ4v) is 1.20. The molecular weight excluding hydrogens is 192 g/mol. The van der Waals surface area contributed by atoms with Gasteiger partial charge in [0.2, 0.25) is 0 Å². The molecule has 15 heavy (non-hydrogen) atoms. The van der Waals surface area contributed by atoms with Gasteiger partial charge in [0.25, 0.3) is 0 Å². The Morgan fingerprint density at radius 1 is 1.47 bits per heavy atom. The van der Waals surface area contributed by atoms with Crippen LogP contribution in [0.25, 0.3) is 0 Å². The number of aromatic nitrogens is 1. The largest absolute Gasteiger partial charge is 0.389 e. The number of aliphatic hydroxyl groups excluding tert-OH is 1. The van der Waals surface area contributed by atoms with Crippen LogP contribution in [0.15, 0.2) is 24.5 Å². The molecule has 0 saturated heterocycles. The maximum Gasteiger partial charge on any atom is 0.0897 e. The standard InChI is InChI=1S/C11H18N2O2/c1-2-15-9-11(14)8-13-7-10-3-5-12-6-4-10/h3-6,11,13-14H,2,7-9H2,1H3. The molecule has 0 spiro atoms. The molecule has 0 aromatic carbocycles. The smallest absolute Gasteiger partial charge is 0.0897 e. The van der Waals surface area contributed by atoms with E-state index in [9.17, 15) is 5.11 Å². The van der Waals surface area contributed by atoms with Gasteiger partial charge in [-0.15, -0.1) is 0 Å². The van der Waals surface area contributed by atoms with Gasteiger partial charge in [-0.2, -0.15) is 0 Å². The third kappa shape index (κ3) is 5.47. The van der Waals surface area contributed by atoms with Gasteiger partial charge >= 0.3 is 0 Å². The highest BCUT2D eigenvalue weighted by Gasteiger charge is 2.02. The van der Waals surface area contributed by atoms with E-state index in [-0.39, 0.29) is 0 Å². The molecule has 0 fully saturated rings. The first-order valence-corrected chi connectivity index (χ1v) is 5.18. The SMILES string of the molecule is CCOCC(O)CNCc1ccncc1. The van der Waals surface area contributed by atoms with Crippen molar-refractivity contribution in [3.05, 3.63) is 30.1 Å². The molecule has 1 unspecified atom stereocenters. The van der Waals surface area contributed by atoms with Crippen LogP contribution in [0.1, 0.15) is 12.5 Å². The maximum absolute atomic E-state index is 9.46. The van der Waals surface area contributed by atoms with Gasteiger partial charge in [0.05, 0.1) is 12.7 Å². The molecule has 1 rings (SSSR count). The molecule has 1 heterocycles. The molecule has 0 aliphatic carbocycles. The topological polar surface area (TPSA) is 54.4 Å². The maximum atomic E-state index is 9.46. The molecule has 4 heteroatoms. The molecule has 0 amide bonds. The van der Waals surface area contributed by atoms with Gasteiger partial charge in [0, 0.05) is 32.1 Å². The van der Waals surface area contributed by atoms with E-state index in [2.05, 4.69) is 10.3 Å². The molecule has 0 bridgehead atoms. The number of rotatable bonds is 7. The van der Waals surface area contributed by atoms with Crippen LogP contribution in [0.3, 0.4) is 0 Å². The molecule has 1 aromatic rings. The number of aliphatic hydroxyl groups is 1. The first-order valence-electron chi connectivity index (χ1n) is 5.18. The lowest BCUT2D eigenvalue weighted by Crippen LogP contribution is -2.30. The predicted molar refractivity (Wildman–Crippen MR) is 58.4 cm³/mol. The normalized spacial score (nSPS) is 12.7. The van der Waals surface area contributed by atoms with Gasteiger partial charge in [-0.25, -0.2) is 0 Å². The second-order valence-electron chi connectivity index (χ2n) is 3.30. The van der Waals surface area contributed by atoms with E-state index in [4.69, 9.17) is 4.74 Å². The highest BCUT2D eigenvalue weighted by Crippen LogP contribution is 1.94. The van der Waals surface area contributed by atoms with E-state index >= 15 is 0 Å². The lowest BCUT2D eigenvalue weighted by molar-refractivity contribution is 0.0427. The Hall–Kier alpha value is -0.970. The molecule has 1 aromatic heterocycles. The lowest BCUT2D eigenvalue weighted by Gasteiger charge is -2.11. The molecule has 0 aliphatic heterocycles. The molecule has 1 atom stereocenters. The summed E-state index contributed by atoms with van der Waals surface area (Å²) >= 11 is 0. The Bertz CT molecular complexity index is 254. The number of nitrogens with zero attached hydrogens (tertiary/aromatic N) is 1. The minimum atomic E-state index is -0.438. The van der Waals surface area contributed by atoms with Gasteiger partial charge in [-0.05, 0) is 24.6 Å². The van der Waals surface area contributed by atoms with Gasteiger partial charge < -0.3 is 15.2 Å². The van der Waals surface area contributed by atoms with E-state index in [1.165, 1.54) is 0 Å². The summed E-state index contributed by atoms with van der Waals surface area (Å²) in [6, 6.07) is 3.89. The zero-order valence-corrected chi connectivity index (χ0v) is 9.02. The number of ether oxygens (including phenoxy) is 1. The Balaban J connectivity index is 2.11. The summed E-state index contributed by atoms with van der Waals surface area (Å²) in [4.78, 5) is 3.93. The third-order valence-electron chi connectivity index (χ3n) is 1.97. The summed E-state index contributed by atoms with van der Waals surface area (Å²) in [5.74, 6) is 0. The molecule has 0 aliphatic rings. The van der Waals surface area contributed by atoms with Crippen LogP contribution < -0.4 is 5.32 Å². The Morgan fingerprint density at radius 3 is 2.87 bits per heavy atom. The monoisotopic (exact) mass is 210 g/mol. The van der Waals surface area contributed by atoms with Crippen molar-refractivity contribution >= 4 is 0 Å². The van der Waals surface area contributed by atoms with Crippen LogP contribution in [0.2, 0.25) is 0 Å². The highest BCUT2D eigenvalue weighted by molar-refractivity contribution is 5.08. The van der Waals surface area contributed by atoms with Crippen LogP contribution in [-0.4, -0.2) is 36.0 Å². The number of hydrogen-bond donors (Lipinski definition) is 2. The summed E-state index contributed by atoms with van der Waals surface area (Å²) < 4.78 is 5.10. The fraction of sp³-hybridized carbons (Fsp3) is 0.545. The van der Waals surface area contributed by atoms with Gasteiger partial charge in [-0.1, -0.05) is 0 Å². The quantitative estimate of drug-likeness (QED) is 0.691. The van der Waals surface area contributed by atoms with Crippen LogP contribution in [-0.2, 0) is 11.3 Å². The Kier molecular flexibility index (Phi) is 5.92. The summed E-state index contributed by atoms with van der Waals surface area (Å²) in [6.45, 7) is 4.23. The third-order valence-corrected chi connectivity index (χ3v) is 1.97. The van der Waals surface area contributed by atoms with Crippen molar-refractivity contribution in [3.63, 3.8) is 0 Å². The Labute approximate surface area is 90.3 Å². The number of hydrogen-bond acceptors (Lipinski definition) is 4. The van der Waals surface area contributed by atoms with Crippen molar-refractivity contribution in [2.24, 2.45) is 0 Å². The van der Waals surface area contributed by atoms with Crippen molar-refractivity contribution < 1.29 is 9.84 Å². The average Bonchev–Trinajstić information content (AvgIpc) is 2.28. The summed E-state index contributed by atoms with van der Waals surface area (Å²) in [7, 11) is 0. The van der Waals surface area contributed by atoms with Gasteiger partial charge in [0.1, 0.15) is 0 Å². The molecule has 4 nitrogen and oxygen atoms in total. The fourth-order valence-electron chi connectivity index (χ4n) is 1.20. The van der Waals surface area contributed by atoms with Gasteiger partial charge in [0.15, 0.2) is 0 Å². The molecule has 0 saturated carbocycles. The van der Waals surface area contributed by atoms with E-state index in [1.807, 2.05) is 19.1 Å². The second-order valence-corrected chi connectivity index (χ2v) is 3.30. The van der Waals surface area contributed by atoms with Crippen molar-refractivity contribution in [1.82, 2.24) is 10.3 Å². The zero-order chi connectivity index (χ0) is 10.9. The number of pyridine rings is 1. The molecule has 84 valence electrons. The van der Waals surface area contributed by atoms with Crippen molar-refractivity contribution in [2.75, 3.05) is 19.8 Å². The average molecular weight is 210 g/mol. The highest BCUT2D eigenvalue weighted by atomic mass is 16.5. The van der Waals surface area contributed by atoms with E-state index in [1.54, 1.807) is 12.4 Å². The first kappa shape index (κ1) is 12.1. The van der Waals surface area contributed by atoms with Gasteiger partial charge in [-0.3, -0.25) is 4.98 Å². The molecule has 0 radical (unpaired) electrons. The number of nitrogens with one attached hydrogen (secondary N) is 1. The van der Waals surface area contributed by atoms with Crippen LogP contribution in [0.5, 0.6) is 0 Å². The summed E-state index contributed by atoms with van der Waals surface area (Å²) in [5, 5.41) is 12.6. The van der Waals surface area contributed by atoms with E-state index in [0.29, 0.717) is 19.8 Å². The predicted octanol–water partition coefficient (Wildman–Crippen LogP) is 0.569.